The molecule has 0 aromatic heterocycles. The first-order chi connectivity index (χ1) is 6.20. The van der Waals surface area contributed by atoms with Crippen LogP contribution in [0.1, 0.15) is 32.1 Å². The van der Waals surface area contributed by atoms with E-state index < -0.39 is 5.91 Å². The normalized spacial score (nSPS) is 20.2. The minimum absolute atomic E-state index is 0.0301. The van der Waals surface area contributed by atoms with E-state index in [1.54, 1.807) is 0 Å². The van der Waals surface area contributed by atoms with E-state index in [2.05, 4.69) is 4.99 Å². The maximum Gasteiger partial charge on any atom is 0.239 e. The summed E-state index contributed by atoms with van der Waals surface area (Å²) in [5, 5.41) is 0. The van der Waals surface area contributed by atoms with Crippen molar-refractivity contribution in [2.45, 2.75) is 32.1 Å². The van der Waals surface area contributed by atoms with Gasteiger partial charge in [-0.25, -0.2) is 0 Å². The standard InChI is InChI=1S/C9H17N3O/c10-8(13)6-12-9(11)7-4-2-1-3-5-7/h7H,1-6H2,(H2,10,13)(H2,11,12). The summed E-state index contributed by atoms with van der Waals surface area (Å²) in [7, 11) is 0. The third-order valence-corrected chi connectivity index (χ3v) is 2.44. The number of rotatable bonds is 3. The van der Waals surface area contributed by atoms with E-state index in [1.807, 2.05) is 0 Å². The molecule has 1 amide bonds. The number of nitrogens with two attached hydrogens (primary N) is 2. The average Bonchev–Trinajstić information content (AvgIpc) is 2.15. The number of aliphatic imine (C=N–C) groups is 1. The lowest BCUT2D eigenvalue weighted by molar-refractivity contribution is -0.116. The number of hydrogen-bond donors (Lipinski definition) is 2. The molecular weight excluding hydrogens is 166 g/mol. The van der Waals surface area contributed by atoms with Gasteiger partial charge in [-0.2, -0.15) is 0 Å². The lowest BCUT2D eigenvalue weighted by Gasteiger charge is -2.20. The van der Waals surface area contributed by atoms with Crippen LogP contribution in [0.2, 0.25) is 0 Å². The monoisotopic (exact) mass is 183 g/mol. The summed E-state index contributed by atoms with van der Waals surface area (Å²) in [4.78, 5) is 14.4. The number of carbonyl (C=O) groups excluding carboxylic acids is 1. The van der Waals surface area contributed by atoms with Crippen LogP contribution in [0.5, 0.6) is 0 Å². The predicted octanol–water partition coefficient (Wildman–Crippen LogP) is 0.409. The van der Waals surface area contributed by atoms with E-state index in [0.29, 0.717) is 11.8 Å². The van der Waals surface area contributed by atoms with Gasteiger partial charge in [0, 0.05) is 5.92 Å². The SMILES string of the molecule is NC(=O)CN=C(N)C1CCCCC1. The average molecular weight is 183 g/mol. The molecule has 0 unspecified atom stereocenters. The van der Waals surface area contributed by atoms with Crippen molar-refractivity contribution in [3.05, 3.63) is 0 Å². The summed E-state index contributed by atoms with van der Waals surface area (Å²) >= 11 is 0. The van der Waals surface area contributed by atoms with Gasteiger partial charge in [0.05, 0.1) is 5.84 Å². The number of carbonyl (C=O) groups is 1. The van der Waals surface area contributed by atoms with E-state index in [9.17, 15) is 4.79 Å². The summed E-state index contributed by atoms with van der Waals surface area (Å²) in [5.74, 6) is 0.574. The molecule has 1 aliphatic carbocycles. The third kappa shape index (κ3) is 3.44. The van der Waals surface area contributed by atoms with Crippen LogP contribution >= 0.6 is 0 Å². The molecule has 1 aliphatic rings. The highest BCUT2D eigenvalue weighted by atomic mass is 16.1. The van der Waals surface area contributed by atoms with Crippen LogP contribution in [0.4, 0.5) is 0 Å². The maximum atomic E-state index is 10.4. The largest absolute Gasteiger partial charge is 0.387 e. The second kappa shape index (κ2) is 4.84. The zero-order valence-corrected chi connectivity index (χ0v) is 7.83. The Labute approximate surface area is 78.4 Å². The predicted molar refractivity (Wildman–Crippen MR) is 52.3 cm³/mol. The highest BCUT2D eigenvalue weighted by molar-refractivity contribution is 5.86. The summed E-state index contributed by atoms with van der Waals surface area (Å²) < 4.78 is 0. The highest BCUT2D eigenvalue weighted by Crippen LogP contribution is 2.23. The summed E-state index contributed by atoms with van der Waals surface area (Å²) in [6, 6.07) is 0. The Hall–Kier alpha value is -1.06. The van der Waals surface area contributed by atoms with Gasteiger partial charge in [0.15, 0.2) is 0 Å². The fraction of sp³-hybridized carbons (Fsp3) is 0.778. The summed E-state index contributed by atoms with van der Waals surface area (Å²) in [6.45, 7) is 0.0301. The molecule has 0 aromatic rings. The van der Waals surface area contributed by atoms with Gasteiger partial charge in [-0.1, -0.05) is 19.3 Å². The van der Waals surface area contributed by atoms with Crippen LogP contribution in [0.15, 0.2) is 4.99 Å². The van der Waals surface area contributed by atoms with E-state index >= 15 is 0 Å². The quantitative estimate of drug-likeness (QED) is 0.490. The highest BCUT2D eigenvalue weighted by Gasteiger charge is 2.16. The molecular formula is C9H17N3O. The number of amides is 1. The molecule has 0 bridgehead atoms. The molecule has 0 aliphatic heterocycles. The molecule has 74 valence electrons. The molecule has 0 saturated heterocycles. The molecule has 0 atom stereocenters. The van der Waals surface area contributed by atoms with Gasteiger partial charge in [0.25, 0.3) is 0 Å². The molecule has 0 aromatic carbocycles. The molecule has 4 nitrogen and oxygen atoms in total. The molecule has 13 heavy (non-hydrogen) atoms. The number of nitrogens with zero attached hydrogens (tertiary/aromatic N) is 1. The van der Waals surface area contributed by atoms with Crippen LogP contribution in [0, 0.1) is 5.92 Å². The Morgan fingerprint density at radius 1 is 1.23 bits per heavy atom. The van der Waals surface area contributed by atoms with Gasteiger partial charge in [0.2, 0.25) is 5.91 Å². The van der Waals surface area contributed by atoms with Crippen molar-refractivity contribution in [1.82, 2.24) is 0 Å². The van der Waals surface area contributed by atoms with Crippen molar-refractivity contribution in [3.63, 3.8) is 0 Å². The van der Waals surface area contributed by atoms with E-state index in [4.69, 9.17) is 11.5 Å². The molecule has 4 heteroatoms. The Balaban J connectivity index is 2.39. The van der Waals surface area contributed by atoms with Crippen LogP contribution in [0.25, 0.3) is 0 Å². The number of hydrogen-bond acceptors (Lipinski definition) is 2. The summed E-state index contributed by atoms with van der Waals surface area (Å²) in [6.07, 6.45) is 5.94. The van der Waals surface area contributed by atoms with E-state index in [1.165, 1.54) is 19.3 Å². The first kappa shape index (κ1) is 10.0. The number of primary amides is 1. The van der Waals surface area contributed by atoms with Gasteiger partial charge in [-0.3, -0.25) is 9.79 Å². The van der Waals surface area contributed by atoms with Crippen molar-refractivity contribution >= 4 is 11.7 Å². The van der Waals surface area contributed by atoms with Crippen molar-refractivity contribution in [2.75, 3.05) is 6.54 Å². The van der Waals surface area contributed by atoms with Gasteiger partial charge >= 0.3 is 0 Å². The molecule has 1 rings (SSSR count). The van der Waals surface area contributed by atoms with Crippen molar-refractivity contribution in [1.29, 1.82) is 0 Å². The van der Waals surface area contributed by atoms with Crippen LogP contribution in [0.3, 0.4) is 0 Å². The second-order valence-corrected chi connectivity index (χ2v) is 3.54. The van der Waals surface area contributed by atoms with Gasteiger partial charge in [-0.15, -0.1) is 0 Å². The Morgan fingerprint density at radius 2 is 1.85 bits per heavy atom. The van der Waals surface area contributed by atoms with E-state index in [0.717, 1.165) is 12.8 Å². The Bertz CT molecular complexity index is 207. The minimum atomic E-state index is -0.418. The van der Waals surface area contributed by atoms with Gasteiger partial charge < -0.3 is 11.5 Å². The third-order valence-electron chi connectivity index (χ3n) is 2.44. The molecule has 0 heterocycles. The lowest BCUT2D eigenvalue weighted by Crippen LogP contribution is -2.27. The van der Waals surface area contributed by atoms with Gasteiger partial charge in [0.1, 0.15) is 6.54 Å². The van der Waals surface area contributed by atoms with E-state index in [-0.39, 0.29) is 6.54 Å². The van der Waals surface area contributed by atoms with Crippen molar-refractivity contribution < 1.29 is 4.79 Å². The topological polar surface area (TPSA) is 81.5 Å². The fourth-order valence-corrected chi connectivity index (χ4v) is 1.70. The fourth-order valence-electron chi connectivity index (χ4n) is 1.70. The molecule has 1 saturated carbocycles. The zero-order valence-electron chi connectivity index (χ0n) is 7.83. The zero-order chi connectivity index (χ0) is 9.68. The van der Waals surface area contributed by atoms with Crippen molar-refractivity contribution in [3.8, 4) is 0 Å². The van der Waals surface area contributed by atoms with Crippen LogP contribution in [-0.4, -0.2) is 18.3 Å². The molecule has 4 N–H and O–H groups in total. The first-order valence-corrected chi connectivity index (χ1v) is 4.78. The number of amidine groups is 1. The van der Waals surface area contributed by atoms with Crippen molar-refractivity contribution in [2.24, 2.45) is 22.4 Å². The van der Waals surface area contributed by atoms with Gasteiger partial charge in [-0.05, 0) is 12.8 Å². The molecule has 0 radical (unpaired) electrons. The summed E-state index contributed by atoms with van der Waals surface area (Å²) in [5.41, 5.74) is 10.7. The molecule has 0 spiro atoms. The lowest BCUT2D eigenvalue weighted by atomic mass is 9.88. The second-order valence-electron chi connectivity index (χ2n) is 3.54. The molecule has 1 fully saturated rings. The Morgan fingerprint density at radius 3 is 2.38 bits per heavy atom. The Kier molecular flexibility index (Phi) is 3.73. The van der Waals surface area contributed by atoms with Crippen LogP contribution < -0.4 is 11.5 Å². The first-order valence-electron chi connectivity index (χ1n) is 4.78. The smallest absolute Gasteiger partial charge is 0.239 e. The minimum Gasteiger partial charge on any atom is -0.387 e. The van der Waals surface area contributed by atoms with Crippen LogP contribution in [-0.2, 0) is 4.79 Å². The maximum absolute atomic E-state index is 10.4.